The number of non-ortho nitro benzene ring substituents is 1. The highest BCUT2D eigenvalue weighted by atomic mass is 19.1. The molecule has 0 unspecified atom stereocenters. The monoisotopic (exact) mass is 486 g/mol. The summed E-state index contributed by atoms with van der Waals surface area (Å²) in [5.41, 5.74) is -1.47. The van der Waals surface area contributed by atoms with Crippen LogP contribution in [0.3, 0.4) is 0 Å². The van der Waals surface area contributed by atoms with Gasteiger partial charge in [-0.3, -0.25) is 19.7 Å². The van der Waals surface area contributed by atoms with Gasteiger partial charge >= 0.3 is 0 Å². The normalized spacial score (nSPS) is 14.1. The van der Waals surface area contributed by atoms with E-state index in [1.165, 1.54) is 35.2 Å². The second-order valence-corrected chi connectivity index (χ2v) is 7.95. The summed E-state index contributed by atoms with van der Waals surface area (Å²) in [6.45, 7) is 0.537. The first kappa shape index (κ1) is 24.1. The molecule has 0 radical (unpaired) electrons. The number of carbonyl (C=O) groups is 1. The molecule has 4 rings (SSSR count). The second kappa shape index (κ2) is 10.1. The largest absolute Gasteiger partial charge is 0.364 e. The highest BCUT2D eigenvalue weighted by Gasteiger charge is 2.25. The van der Waals surface area contributed by atoms with Gasteiger partial charge in [0.05, 0.1) is 27.9 Å². The number of benzene rings is 2. The number of aromatic nitrogens is 1. The van der Waals surface area contributed by atoms with Crippen LogP contribution in [0.4, 0.5) is 24.5 Å². The third-order valence-electron chi connectivity index (χ3n) is 5.78. The maximum absolute atomic E-state index is 15.5. The van der Waals surface area contributed by atoms with E-state index in [2.05, 4.69) is 5.32 Å². The van der Waals surface area contributed by atoms with E-state index in [1.54, 1.807) is 0 Å². The minimum atomic E-state index is -0.979. The smallest absolute Gasteiger partial charge is 0.269 e. The maximum atomic E-state index is 15.5. The first-order chi connectivity index (χ1) is 16.8. The van der Waals surface area contributed by atoms with Crippen LogP contribution in [0.2, 0.25) is 0 Å². The summed E-state index contributed by atoms with van der Waals surface area (Å²) in [6, 6.07) is 6.26. The molecule has 3 aromatic rings. The highest BCUT2D eigenvalue weighted by Crippen LogP contribution is 2.30. The lowest BCUT2D eigenvalue weighted by Gasteiger charge is -2.30. The number of rotatable bonds is 7. The van der Waals surface area contributed by atoms with Crippen molar-refractivity contribution in [3.8, 4) is 0 Å². The van der Waals surface area contributed by atoms with Crippen molar-refractivity contribution in [1.29, 1.82) is 0 Å². The standard InChI is InChI=1S/C24H21F3N4O4/c25-7-10-30-14-18(20(32)6-3-15-1-4-16(5-2-15)31(34)35)24(33)17-13-19(26)23(21(27)22(17)30)29-11-8-28-9-12-29/h1-6,13-14,28H,7-12H2. The molecule has 1 aliphatic rings. The van der Waals surface area contributed by atoms with Crippen LogP contribution in [0.15, 0.2) is 47.4 Å². The lowest BCUT2D eigenvalue weighted by molar-refractivity contribution is -0.384. The van der Waals surface area contributed by atoms with Gasteiger partial charge in [-0.1, -0.05) is 6.08 Å². The summed E-state index contributed by atoms with van der Waals surface area (Å²) in [7, 11) is 0. The Bertz CT molecular complexity index is 1380. The summed E-state index contributed by atoms with van der Waals surface area (Å²) >= 11 is 0. The zero-order valence-corrected chi connectivity index (χ0v) is 18.5. The Kier molecular flexibility index (Phi) is 6.97. The van der Waals surface area contributed by atoms with E-state index >= 15 is 4.39 Å². The number of alkyl halides is 1. The van der Waals surface area contributed by atoms with Crippen LogP contribution < -0.4 is 15.6 Å². The molecular formula is C24H21F3N4O4. The lowest BCUT2D eigenvalue weighted by Crippen LogP contribution is -2.44. The van der Waals surface area contributed by atoms with Crippen LogP contribution in [0.25, 0.3) is 17.0 Å². The number of halogens is 3. The van der Waals surface area contributed by atoms with Crippen molar-refractivity contribution in [1.82, 2.24) is 9.88 Å². The third kappa shape index (κ3) is 4.80. The van der Waals surface area contributed by atoms with E-state index < -0.39 is 34.4 Å². The van der Waals surface area contributed by atoms with Crippen LogP contribution in [-0.4, -0.2) is 48.1 Å². The molecule has 1 fully saturated rings. The van der Waals surface area contributed by atoms with Gasteiger partial charge in [0.25, 0.3) is 5.69 Å². The summed E-state index contributed by atoms with van der Waals surface area (Å²) in [4.78, 5) is 37.6. The third-order valence-corrected chi connectivity index (χ3v) is 5.78. The predicted octanol–water partition coefficient (Wildman–Crippen LogP) is 3.46. The number of nitro groups is 1. The number of nitrogens with zero attached hydrogens (tertiary/aromatic N) is 3. The van der Waals surface area contributed by atoms with Crippen molar-refractivity contribution in [3.05, 3.63) is 85.7 Å². The Labute approximate surface area is 197 Å². The van der Waals surface area contributed by atoms with Crippen LogP contribution in [-0.2, 0) is 6.54 Å². The van der Waals surface area contributed by atoms with Crippen molar-refractivity contribution >= 4 is 34.1 Å². The predicted molar refractivity (Wildman–Crippen MR) is 126 cm³/mol. The van der Waals surface area contributed by atoms with Gasteiger partial charge in [0.1, 0.15) is 18.2 Å². The Morgan fingerprint density at radius 1 is 1.17 bits per heavy atom. The molecule has 11 heteroatoms. The molecule has 1 N–H and O–H groups in total. The van der Waals surface area contributed by atoms with Gasteiger partial charge < -0.3 is 14.8 Å². The molecule has 0 aliphatic carbocycles. The summed E-state index contributed by atoms with van der Waals surface area (Å²) in [5, 5.41) is 13.5. The Hall–Kier alpha value is -3.99. The molecule has 0 spiro atoms. The molecule has 0 atom stereocenters. The zero-order chi connectivity index (χ0) is 25.1. The summed E-state index contributed by atoms with van der Waals surface area (Å²) in [5.74, 6) is -2.67. The molecule has 8 nitrogen and oxygen atoms in total. The van der Waals surface area contributed by atoms with Gasteiger partial charge in [0.2, 0.25) is 5.43 Å². The average Bonchev–Trinajstić information content (AvgIpc) is 2.85. The highest BCUT2D eigenvalue weighted by molar-refractivity contribution is 6.08. The quantitative estimate of drug-likeness (QED) is 0.238. The topological polar surface area (TPSA) is 97.5 Å². The summed E-state index contributed by atoms with van der Waals surface area (Å²) in [6.07, 6.45) is 3.50. The lowest BCUT2D eigenvalue weighted by atomic mass is 10.0. The Morgan fingerprint density at radius 2 is 1.86 bits per heavy atom. The zero-order valence-electron chi connectivity index (χ0n) is 18.5. The Morgan fingerprint density at radius 3 is 2.49 bits per heavy atom. The first-order valence-electron chi connectivity index (χ1n) is 10.9. The van der Waals surface area contributed by atoms with E-state index in [0.717, 1.165) is 22.9 Å². The van der Waals surface area contributed by atoms with Crippen molar-refractivity contribution < 1.29 is 22.9 Å². The molecule has 182 valence electrons. The first-order valence-corrected chi connectivity index (χ1v) is 10.9. The minimum Gasteiger partial charge on any atom is -0.364 e. The van der Waals surface area contributed by atoms with Crippen LogP contribution in [0, 0.1) is 21.7 Å². The number of hydrogen-bond acceptors (Lipinski definition) is 6. The summed E-state index contributed by atoms with van der Waals surface area (Å²) < 4.78 is 44.9. The van der Waals surface area contributed by atoms with Gasteiger partial charge in [-0.2, -0.15) is 0 Å². The van der Waals surface area contributed by atoms with Gasteiger partial charge in [-0.25, -0.2) is 13.2 Å². The second-order valence-electron chi connectivity index (χ2n) is 7.95. The number of anilines is 1. The number of nitrogens with one attached hydrogen (secondary N) is 1. The van der Waals surface area contributed by atoms with Gasteiger partial charge in [-0.15, -0.1) is 0 Å². The molecule has 1 aliphatic heterocycles. The minimum absolute atomic E-state index is 0.124. The van der Waals surface area contributed by atoms with Gasteiger partial charge in [0.15, 0.2) is 11.6 Å². The number of carbonyl (C=O) groups excluding carboxylic acids is 1. The molecule has 0 bridgehead atoms. The molecule has 1 saturated heterocycles. The van der Waals surface area contributed by atoms with Crippen molar-refractivity contribution in [2.75, 3.05) is 37.8 Å². The van der Waals surface area contributed by atoms with Crippen LogP contribution >= 0.6 is 0 Å². The molecule has 2 heterocycles. The van der Waals surface area contributed by atoms with Gasteiger partial charge in [0, 0.05) is 44.5 Å². The number of ketones is 1. The number of aryl methyl sites for hydroxylation is 1. The fourth-order valence-corrected chi connectivity index (χ4v) is 4.07. The number of hydrogen-bond donors (Lipinski definition) is 1. The van der Waals surface area contributed by atoms with E-state index in [4.69, 9.17) is 0 Å². The fraction of sp³-hybridized carbons (Fsp3) is 0.250. The van der Waals surface area contributed by atoms with Crippen molar-refractivity contribution in [2.24, 2.45) is 0 Å². The van der Waals surface area contributed by atoms with Gasteiger partial charge in [-0.05, 0) is 29.8 Å². The number of pyridine rings is 1. The SMILES string of the molecule is O=C(C=Cc1ccc([N+](=O)[O-])cc1)c1cn(CCF)c2c(F)c(N3CCNCC3)c(F)cc2c1=O. The molecule has 0 saturated carbocycles. The number of nitro benzene ring substituents is 1. The van der Waals surface area contributed by atoms with Crippen molar-refractivity contribution in [2.45, 2.75) is 6.54 Å². The average molecular weight is 486 g/mol. The van der Waals surface area contributed by atoms with E-state index in [9.17, 15) is 28.5 Å². The van der Waals surface area contributed by atoms with E-state index in [-0.39, 0.29) is 34.4 Å². The van der Waals surface area contributed by atoms with Crippen LogP contribution in [0.5, 0.6) is 0 Å². The van der Waals surface area contributed by atoms with E-state index in [0.29, 0.717) is 31.7 Å². The number of allylic oxidation sites excluding steroid dienone is 1. The molecule has 0 amide bonds. The van der Waals surface area contributed by atoms with E-state index in [1.807, 2.05) is 0 Å². The molecular weight excluding hydrogens is 465 g/mol. The Balaban J connectivity index is 1.77. The number of piperazine rings is 1. The molecule has 2 aromatic carbocycles. The van der Waals surface area contributed by atoms with Crippen LogP contribution in [0.1, 0.15) is 15.9 Å². The molecule has 1 aromatic heterocycles. The fourth-order valence-electron chi connectivity index (χ4n) is 4.07. The van der Waals surface area contributed by atoms with Crippen molar-refractivity contribution in [3.63, 3.8) is 0 Å². The molecule has 35 heavy (non-hydrogen) atoms. The number of fused-ring (bicyclic) bond motifs is 1. The maximum Gasteiger partial charge on any atom is 0.269 e.